The summed E-state index contributed by atoms with van der Waals surface area (Å²) >= 11 is 5.52. The van der Waals surface area contributed by atoms with E-state index >= 15 is 0 Å². The van der Waals surface area contributed by atoms with Crippen molar-refractivity contribution in [3.8, 4) is 0 Å². The number of nitrogens with zero attached hydrogens (tertiary/aromatic N) is 1. The lowest BCUT2D eigenvalue weighted by Crippen LogP contribution is -2.24. The van der Waals surface area contributed by atoms with Crippen LogP contribution >= 0.6 is 11.6 Å². The van der Waals surface area contributed by atoms with E-state index in [-0.39, 0.29) is 4.90 Å². The number of alkyl halides is 1. The molecule has 1 aromatic heterocycles. The minimum absolute atomic E-state index is 0.201. The van der Waals surface area contributed by atoms with Crippen LogP contribution in [0.5, 0.6) is 0 Å². The fraction of sp³-hybridized carbons (Fsp3) is 0.500. The highest BCUT2D eigenvalue weighted by atomic mass is 35.5. The van der Waals surface area contributed by atoms with Gasteiger partial charge in [-0.25, -0.2) is 13.1 Å². The van der Waals surface area contributed by atoms with Crippen LogP contribution in [0.1, 0.15) is 19.3 Å². The molecular formula is C10H15ClN2O2S. The van der Waals surface area contributed by atoms with Crippen LogP contribution in [0.25, 0.3) is 0 Å². The van der Waals surface area contributed by atoms with Gasteiger partial charge in [0.1, 0.15) is 4.90 Å². The monoisotopic (exact) mass is 262 g/mol. The Morgan fingerprint density at radius 3 is 2.75 bits per heavy atom. The van der Waals surface area contributed by atoms with Crippen molar-refractivity contribution in [3.63, 3.8) is 0 Å². The van der Waals surface area contributed by atoms with Gasteiger partial charge in [0.15, 0.2) is 0 Å². The summed E-state index contributed by atoms with van der Waals surface area (Å²) in [7, 11) is -3.39. The smallest absolute Gasteiger partial charge is 0.242 e. The first-order valence-corrected chi connectivity index (χ1v) is 7.14. The molecule has 0 aliphatic heterocycles. The van der Waals surface area contributed by atoms with Crippen LogP contribution in [-0.4, -0.2) is 25.8 Å². The molecule has 1 heterocycles. The Bertz CT molecular complexity index is 395. The van der Waals surface area contributed by atoms with Gasteiger partial charge in [-0.15, -0.1) is 11.6 Å². The lowest BCUT2D eigenvalue weighted by molar-refractivity contribution is 0.575. The molecule has 0 saturated heterocycles. The van der Waals surface area contributed by atoms with Crippen LogP contribution in [0.2, 0.25) is 0 Å². The van der Waals surface area contributed by atoms with Crippen LogP contribution in [0.15, 0.2) is 29.4 Å². The van der Waals surface area contributed by atoms with E-state index in [1.807, 2.05) is 0 Å². The van der Waals surface area contributed by atoms with E-state index in [4.69, 9.17) is 11.6 Å². The molecule has 0 amide bonds. The minimum atomic E-state index is -3.39. The highest BCUT2D eigenvalue weighted by Crippen LogP contribution is 2.05. The first kappa shape index (κ1) is 13.4. The SMILES string of the molecule is O=S(=O)(NCCCCCCl)c1cccnc1. The quantitative estimate of drug-likeness (QED) is 0.602. The lowest BCUT2D eigenvalue weighted by Gasteiger charge is -2.05. The Morgan fingerprint density at radius 2 is 2.12 bits per heavy atom. The summed E-state index contributed by atoms with van der Waals surface area (Å²) in [5.74, 6) is 0.620. The minimum Gasteiger partial charge on any atom is -0.263 e. The molecule has 0 spiro atoms. The zero-order chi connectivity index (χ0) is 11.9. The zero-order valence-corrected chi connectivity index (χ0v) is 10.5. The highest BCUT2D eigenvalue weighted by molar-refractivity contribution is 7.89. The van der Waals surface area contributed by atoms with Crippen molar-refractivity contribution in [3.05, 3.63) is 24.5 Å². The summed E-state index contributed by atoms with van der Waals surface area (Å²) in [5, 5.41) is 0. The molecule has 0 radical (unpaired) electrons. The van der Waals surface area contributed by atoms with E-state index in [9.17, 15) is 8.42 Å². The third-order valence-corrected chi connectivity index (χ3v) is 3.76. The summed E-state index contributed by atoms with van der Waals surface area (Å²) in [4.78, 5) is 3.97. The molecular weight excluding hydrogens is 248 g/mol. The average molecular weight is 263 g/mol. The Kier molecular flexibility index (Phi) is 5.73. The molecule has 1 rings (SSSR count). The second-order valence-corrected chi connectivity index (χ2v) is 5.48. The first-order valence-electron chi connectivity index (χ1n) is 5.12. The van der Waals surface area contributed by atoms with Crippen molar-refractivity contribution in [1.29, 1.82) is 0 Å². The van der Waals surface area contributed by atoms with Crippen molar-refractivity contribution >= 4 is 21.6 Å². The van der Waals surface area contributed by atoms with E-state index < -0.39 is 10.0 Å². The molecule has 1 aromatic rings. The average Bonchev–Trinajstić information content (AvgIpc) is 2.30. The van der Waals surface area contributed by atoms with Gasteiger partial charge in [-0.3, -0.25) is 4.98 Å². The molecule has 90 valence electrons. The van der Waals surface area contributed by atoms with Crippen LogP contribution in [-0.2, 0) is 10.0 Å². The number of nitrogens with one attached hydrogen (secondary N) is 1. The van der Waals surface area contributed by atoms with Crippen LogP contribution < -0.4 is 4.72 Å². The molecule has 6 heteroatoms. The van der Waals surface area contributed by atoms with Gasteiger partial charge >= 0.3 is 0 Å². The molecule has 4 nitrogen and oxygen atoms in total. The Hall–Kier alpha value is -0.650. The van der Waals surface area contributed by atoms with Crippen LogP contribution in [0.4, 0.5) is 0 Å². The maximum Gasteiger partial charge on any atom is 0.242 e. The molecule has 0 bridgehead atoms. The summed E-state index contributed by atoms with van der Waals surface area (Å²) in [6, 6.07) is 3.12. The highest BCUT2D eigenvalue weighted by Gasteiger charge is 2.12. The third-order valence-electron chi connectivity index (χ3n) is 2.05. The zero-order valence-electron chi connectivity index (χ0n) is 8.89. The van der Waals surface area contributed by atoms with E-state index in [1.165, 1.54) is 12.3 Å². The number of unbranched alkanes of at least 4 members (excludes halogenated alkanes) is 2. The molecule has 0 atom stereocenters. The van der Waals surface area contributed by atoms with Gasteiger partial charge in [-0.2, -0.15) is 0 Å². The van der Waals surface area contributed by atoms with Gasteiger partial charge in [0, 0.05) is 24.8 Å². The molecule has 0 fully saturated rings. The van der Waals surface area contributed by atoms with Crippen molar-refractivity contribution in [2.24, 2.45) is 0 Å². The second kappa shape index (κ2) is 6.83. The topological polar surface area (TPSA) is 59.1 Å². The third kappa shape index (κ3) is 4.47. The number of halogens is 1. The van der Waals surface area contributed by atoms with Crippen LogP contribution in [0.3, 0.4) is 0 Å². The summed E-state index contributed by atoms with van der Waals surface area (Å²) < 4.78 is 25.9. The molecule has 1 N–H and O–H groups in total. The Morgan fingerprint density at radius 1 is 1.31 bits per heavy atom. The van der Waals surface area contributed by atoms with Gasteiger partial charge in [-0.05, 0) is 25.0 Å². The van der Waals surface area contributed by atoms with Gasteiger partial charge in [0.25, 0.3) is 0 Å². The molecule has 0 saturated carbocycles. The predicted molar refractivity (Wildman–Crippen MR) is 64.0 cm³/mol. The standard InChI is InChI=1S/C10H15ClN2O2S/c11-6-2-1-3-8-13-16(14,15)10-5-4-7-12-9-10/h4-5,7,9,13H,1-3,6,8H2. The van der Waals surface area contributed by atoms with E-state index in [0.717, 1.165) is 19.3 Å². The number of pyridine rings is 1. The number of rotatable bonds is 7. The van der Waals surface area contributed by atoms with Crippen molar-refractivity contribution in [2.75, 3.05) is 12.4 Å². The van der Waals surface area contributed by atoms with Gasteiger partial charge < -0.3 is 0 Å². The Labute approximate surface area is 101 Å². The van der Waals surface area contributed by atoms with Crippen molar-refractivity contribution < 1.29 is 8.42 Å². The summed E-state index contributed by atoms with van der Waals surface area (Å²) in [6.07, 6.45) is 5.52. The number of sulfonamides is 1. The number of aromatic nitrogens is 1. The number of hydrogen-bond acceptors (Lipinski definition) is 3. The van der Waals surface area contributed by atoms with Crippen molar-refractivity contribution in [2.45, 2.75) is 24.2 Å². The second-order valence-electron chi connectivity index (χ2n) is 3.34. The lowest BCUT2D eigenvalue weighted by atomic mass is 10.2. The first-order chi connectivity index (χ1) is 7.67. The maximum absolute atomic E-state index is 11.7. The molecule has 0 unspecified atom stereocenters. The summed E-state index contributed by atoms with van der Waals surface area (Å²) in [6.45, 7) is 0.439. The molecule has 16 heavy (non-hydrogen) atoms. The maximum atomic E-state index is 11.7. The Balaban J connectivity index is 2.41. The molecule has 0 aliphatic rings. The fourth-order valence-electron chi connectivity index (χ4n) is 1.19. The van der Waals surface area contributed by atoms with Crippen molar-refractivity contribution in [1.82, 2.24) is 9.71 Å². The fourth-order valence-corrected chi connectivity index (χ4v) is 2.42. The predicted octanol–water partition coefficient (Wildman–Crippen LogP) is 1.77. The molecule has 0 aliphatic carbocycles. The van der Waals surface area contributed by atoms with Gasteiger partial charge in [0.2, 0.25) is 10.0 Å². The molecule has 0 aromatic carbocycles. The van der Waals surface area contributed by atoms with E-state index in [0.29, 0.717) is 12.4 Å². The summed E-state index contributed by atoms with van der Waals surface area (Å²) in [5.41, 5.74) is 0. The van der Waals surface area contributed by atoms with Gasteiger partial charge in [-0.1, -0.05) is 6.42 Å². The largest absolute Gasteiger partial charge is 0.263 e. The normalized spacial score (nSPS) is 11.6. The van der Waals surface area contributed by atoms with Crippen LogP contribution in [0, 0.1) is 0 Å². The number of hydrogen-bond donors (Lipinski definition) is 1. The van der Waals surface area contributed by atoms with Gasteiger partial charge in [0.05, 0.1) is 0 Å². The van der Waals surface area contributed by atoms with E-state index in [2.05, 4.69) is 9.71 Å². The van der Waals surface area contributed by atoms with E-state index in [1.54, 1.807) is 12.3 Å².